The van der Waals surface area contributed by atoms with Crippen molar-refractivity contribution in [2.75, 3.05) is 18.6 Å². The standard InChI is InChI=1S/C32H33F6N3O5/c1-17-7-8-19(17)11-21(12-20-15-41(20)27-13-25(31(33,34)35)23(14-39-27)30(42)43-2)44-16-24-28(40-46-29(24)18-9-10-18)22-5-3-4-6-26(22)45-32(36,37)38/h3-6,13-14,17-21H,7-12,15-16H2,1-2H3/t17-,19?,20?,21?,41?/m1/s1. The van der Waals surface area contributed by atoms with Gasteiger partial charge in [0.2, 0.25) is 0 Å². The van der Waals surface area contributed by atoms with Gasteiger partial charge in [-0.15, -0.1) is 13.2 Å². The molecule has 0 N–H and O–H groups in total. The maximum Gasteiger partial charge on any atom is 0.573 e. The van der Waals surface area contributed by atoms with Crippen LogP contribution in [0, 0.1) is 11.8 Å². The number of methoxy groups -OCH3 is 1. The molecule has 3 fully saturated rings. The molecular weight excluding hydrogens is 620 g/mol. The van der Waals surface area contributed by atoms with E-state index in [0.29, 0.717) is 36.1 Å². The van der Waals surface area contributed by atoms with E-state index in [1.54, 1.807) is 11.0 Å². The first-order valence-electron chi connectivity index (χ1n) is 15.2. The van der Waals surface area contributed by atoms with Crippen molar-refractivity contribution in [3.63, 3.8) is 0 Å². The van der Waals surface area contributed by atoms with Crippen molar-refractivity contribution in [1.82, 2.24) is 10.1 Å². The number of carbonyl (C=O) groups excluding carboxylic acids is 1. The molecule has 4 atom stereocenters. The second kappa shape index (κ2) is 12.4. The van der Waals surface area contributed by atoms with Crippen molar-refractivity contribution in [3.8, 4) is 17.0 Å². The lowest BCUT2D eigenvalue weighted by atomic mass is 9.72. The Balaban J connectivity index is 1.22. The van der Waals surface area contributed by atoms with Crippen LogP contribution in [0.3, 0.4) is 0 Å². The summed E-state index contributed by atoms with van der Waals surface area (Å²) in [4.78, 5) is 17.8. The summed E-state index contributed by atoms with van der Waals surface area (Å²) in [5.41, 5.74) is -0.854. The predicted octanol–water partition coefficient (Wildman–Crippen LogP) is 7.92. The Morgan fingerprint density at radius 2 is 1.85 bits per heavy atom. The third kappa shape index (κ3) is 7.11. The number of anilines is 1. The topological polar surface area (TPSA) is 86.7 Å². The molecule has 248 valence electrons. The van der Waals surface area contributed by atoms with Crippen molar-refractivity contribution in [3.05, 3.63) is 59.0 Å². The van der Waals surface area contributed by atoms with E-state index in [9.17, 15) is 31.1 Å². The number of halogens is 6. The summed E-state index contributed by atoms with van der Waals surface area (Å²) in [5.74, 6) is 0.170. The summed E-state index contributed by atoms with van der Waals surface area (Å²) < 4.78 is 102. The number of alkyl halides is 6. The van der Waals surface area contributed by atoms with Gasteiger partial charge in [-0.1, -0.05) is 30.6 Å². The van der Waals surface area contributed by atoms with Crippen LogP contribution in [0.25, 0.3) is 11.3 Å². The van der Waals surface area contributed by atoms with Crippen LogP contribution in [0.2, 0.25) is 0 Å². The molecule has 46 heavy (non-hydrogen) atoms. The molecule has 1 aliphatic heterocycles. The first-order valence-corrected chi connectivity index (χ1v) is 15.2. The first kappa shape index (κ1) is 32.1. The maximum atomic E-state index is 13.8. The van der Waals surface area contributed by atoms with Crippen LogP contribution in [0.15, 0.2) is 41.1 Å². The molecule has 2 aromatic heterocycles. The first-order chi connectivity index (χ1) is 21.8. The Bertz CT molecular complexity index is 1570. The molecule has 0 bridgehead atoms. The lowest BCUT2D eigenvalue weighted by molar-refractivity contribution is -0.274. The zero-order chi connectivity index (χ0) is 32.8. The third-order valence-electron chi connectivity index (χ3n) is 9.11. The molecule has 3 aromatic rings. The smallest absolute Gasteiger partial charge is 0.465 e. The van der Waals surface area contributed by atoms with Crippen LogP contribution in [-0.2, 0) is 22.3 Å². The lowest BCUT2D eigenvalue weighted by Crippen LogP contribution is -2.30. The number of para-hydroxylation sites is 1. The highest BCUT2D eigenvalue weighted by Gasteiger charge is 2.43. The molecule has 8 nitrogen and oxygen atoms in total. The van der Waals surface area contributed by atoms with Gasteiger partial charge in [0, 0.05) is 29.8 Å². The number of benzene rings is 1. The monoisotopic (exact) mass is 653 g/mol. The van der Waals surface area contributed by atoms with Gasteiger partial charge in [0.25, 0.3) is 0 Å². The maximum absolute atomic E-state index is 13.8. The van der Waals surface area contributed by atoms with E-state index < -0.39 is 35.4 Å². The second-order valence-electron chi connectivity index (χ2n) is 12.3. The minimum atomic E-state index is -4.90. The van der Waals surface area contributed by atoms with Crippen LogP contribution in [-0.4, -0.2) is 48.3 Å². The van der Waals surface area contributed by atoms with Crippen molar-refractivity contribution >= 4 is 11.8 Å². The van der Waals surface area contributed by atoms with Gasteiger partial charge in [-0.25, -0.2) is 9.78 Å². The van der Waals surface area contributed by atoms with Crippen LogP contribution >= 0.6 is 0 Å². The van der Waals surface area contributed by atoms with Gasteiger partial charge >= 0.3 is 18.5 Å². The van der Waals surface area contributed by atoms with Crippen LogP contribution < -0.4 is 9.64 Å². The van der Waals surface area contributed by atoms with Crippen LogP contribution in [0.5, 0.6) is 5.75 Å². The van der Waals surface area contributed by atoms with Crippen molar-refractivity contribution in [2.45, 2.75) is 82.7 Å². The highest BCUT2D eigenvalue weighted by molar-refractivity contribution is 5.91. The fourth-order valence-corrected chi connectivity index (χ4v) is 6.15. The SMILES string of the molecule is COC(=O)c1cnc(N2CC2CC(CC2CC[C@H]2C)OCc2c(-c3ccccc3OC(F)(F)F)noc2C2CC2)cc1C(F)(F)F. The van der Waals surface area contributed by atoms with Gasteiger partial charge in [-0.05, 0) is 62.1 Å². The molecule has 3 unspecified atom stereocenters. The molecule has 1 aromatic carbocycles. The molecule has 0 amide bonds. The number of ether oxygens (including phenoxy) is 3. The molecule has 2 aliphatic carbocycles. The van der Waals surface area contributed by atoms with Gasteiger partial charge in [-0.3, -0.25) is 0 Å². The van der Waals surface area contributed by atoms with Crippen molar-refractivity contribution in [2.24, 2.45) is 11.8 Å². The molecule has 1 saturated heterocycles. The Labute approximate surface area is 261 Å². The Kier molecular flexibility index (Phi) is 8.68. The highest BCUT2D eigenvalue weighted by Crippen LogP contribution is 2.46. The summed E-state index contributed by atoms with van der Waals surface area (Å²) >= 11 is 0. The summed E-state index contributed by atoms with van der Waals surface area (Å²) in [6, 6.07) is 6.45. The van der Waals surface area contributed by atoms with E-state index in [4.69, 9.17) is 9.26 Å². The quantitative estimate of drug-likeness (QED) is 0.111. The Hall–Kier alpha value is -3.81. The van der Waals surface area contributed by atoms with Gasteiger partial charge in [0.1, 0.15) is 23.0 Å². The van der Waals surface area contributed by atoms with Gasteiger partial charge in [0.15, 0.2) is 0 Å². The van der Waals surface area contributed by atoms with E-state index in [1.807, 2.05) is 0 Å². The molecule has 6 rings (SSSR count). The average molecular weight is 654 g/mol. The van der Waals surface area contributed by atoms with Crippen molar-refractivity contribution in [1.29, 1.82) is 0 Å². The average Bonchev–Trinajstić information content (AvgIpc) is 3.94. The number of carbonyl (C=O) groups is 1. The zero-order valence-electron chi connectivity index (χ0n) is 25.2. The summed E-state index contributed by atoms with van der Waals surface area (Å²) in [6.45, 7) is 2.66. The van der Waals surface area contributed by atoms with E-state index >= 15 is 0 Å². The fraction of sp³-hybridized carbons (Fsp3) is 0.531. The second-order valence-corrected chi connectivity index (χ2v) is 12.3. The number of hydrogen-bond donors (Lipinski definition) is 0. The molecule has 3 aliphatic rings. The number of pyridine rings is 1. The third-order valence-corrected chi connectivity index (χ3v) is 9.11. The minimum Gasteiger partial charge on any atom is -0.465 e. The highest BCUT2D eigenvalue weighted by atomic mass is 19.4. The lowest BCUT2D eigenvalue weighted by Gasteiger charge is -2.36. The number of hydrogen-bond acceptors (Lipinski definition) is 8. The normalized spacial score (nSPS) is 21.9. The molecule has 0 spiro atoms. The molecular formula is C32H33F6N3O5. The van der Waals surface area contributed by atoms with Crippen LogP contribution in [0.4, 0.5) is 32.2 Å². The Morgan fingerprint density at radius 3 is 2.48 bits per heavy atom. The van der Waals surface area contributed by atoms with E-state index in [2.05, 4.69) is 26.5 Å². The molecule has 3 heterocycles. The summed E-state index contributed by atoms with van der Waals surface area (Å²) in [7, 11) is 1.01. The van der Waals surface area contributed by atoms with Gasteiger partial charge < -0.3 is 23.6 Å². The number of esters is 1. The zero-order valence-corrected chi connectivity index (χ0v) is 25.2. The summed E-state index contributed by atoms with van der Waals surface area (Å²) in [6.07, 6.45) is -4.00. The molecule has 14 heteroatoms. The molecule has 0 radical (unpaired) electrons. The summed E-state index contributed by atoms with van der Waals surface area (Å²) in [5, 5.41) is 4.15. The predicted molar refractivity (Wildman–Crippen MR) is 152 cm³/mol. The fourth-order valence-electron chi connectivity index (χ4n) is 6.15. The number of rotatable bonds is 12. The Morgan fingerprint density at radius 1 is 1.09 bits per heavy atom. The van der Waals surface area contributed by atoms with Crippen LogP contribution in [0.1, 0.15) is 78.6 Å². The minimum absolute atomic E-state index is 0.0355. The van der Waals surface area contributed by atoms with Crippen molar-refractivity contribution < 1.29 is 49.9 Å². The largest absolute Gasteiger partial charge is 0.573 e. The number of aromatic nitrogens is 2. The van der Waals surface area contributed by atoms with E-state index in [1.165, 1.54) is 18.2 Å². The van der Waals surface area contributed by atoms with Gasteiger partial charge in [-0.2, -0.15) is 13.2 Å². The van der Waals surface area contributed by atoms with Gasteiger partial charge in [0.05, 0.1) is 37.0 Å². The molecule has 2 saturated carbocycles. The van der Waals surface area contributed by atoms with E-state index in [-0.39, 0.29) is 41.7 Å². The number of nitrogens with zero attached hydrogens (tertiary/aromatic N) is 3. The van der Waals surface area contributed by atoms with E-state index in [0.717, 1.165) is 51.5 Å².